The summed E-state index contributed by atoms with van der Waals surface area (Å²) in [6.45, 7) is 2.18. The van der Waals surface area contributed by atoms with Gasteiger partial charge >= 0.3 is 0 Å². The van der Waals surface area contributed by atoms with E-state index in [4.69, 9.17) is 4.42 Å². The number of benzene rings is 1. The average Bonchev–Trinajstić information content (AvgIpc) is 3.31. The molecule has 1 N–H and O–H groups in total. The Hall–Kier alpha value is -1.82. The number of nitrogens with one attached hydrogen (secondary N) is 1. The Balaban J connectivity index is 1.44. The number of carbonyl (C=O) groups is 1. The van der Waals surface area contributed by atoms with E-state index in [1.165, 1.54) is 30.2 Å². The second-order valence-electron chi connectivity index (χ2n) is 5.82. The largest absolute Gasteiger partial charge is 0.416 e. The molecule has 1 aromatic carbocycles. The Morgan fingerprint density at radius 3 is 2.78 bits per heavy atom. The van der Waals surface area contributed by atoms with Crippen molar-refractivity contribution in [1.82, 2.24) is 10.2 Å². The van der Waals surface area contributed by atoms with Gasteiger partial charge in [-0.05, 0) is 43.4 Å². The Morgan fingerprint density at radius 1 is 1.30 bits per heavy atom. The van der Waals surface area contributed by atoms with Crippen LogP contribution in [0.5, 0.6) is 0 Å². The number of thioether (sulfide) groups is 1. The summed E-state index contributed by atoms with van der Waals surface area (Å²) >= 11 is 1.28. The van der Waals surface area contributed by atoms with E-state index in [-0.39, 0.29) is 11.7 Å². The highest BCUT2D eigenvalue weighted by Crippen LogP contribution is 2.39. The number of anilines is 1. The van der Waals surface area contributed by atoms with E-state index < -0.39 is 0 Å². The van der Waals surface area contributed by atoms with Gasteiger partial charge < -0.3 is 9.73 Å². The molecule has 1 aliphatic carbocycles. The summed E-state index contributed by atoms with van der Waals surface area (Å²) in [5.74, 6) is 1.35. The van der Waals surface area contributed by atoms with Crippen LogP contribution in [0, 0.1) is 0 Å². The fourth-order valence-electron chi connectivity index (χ4n) is 2.23. The first kappa shape index (κ1) is 16.1. The van der Waals surface area contributed by atoms with E-state index in [9.17, 15) is 4.79 Å². The van der Waals surface area contributed by atoms with E-state index in [1.54, 1.807) is 0 Å². The van der Waals surface area contributed by atoms with Crippen LogP contribution in [0.15, 0.2) is 33.9 Å². The molecule has 0 aliphatic heterocycles. The van der Waals surface area contributed by atoms with Crippen LogP contribution in [0.1, 0.15) is 50.0 Å². The summed E-state index contributed by atoms with van der Waals surface area (Å²) in [5.41, 5.74) is 2.12. The predicted molar refractivity (Wildman–Crippen MR) is 90.7 cm³/mol. The molecule has 23 heavy (non-hydrogen) atoms. The van der Waals surface area contributed by atoms with Crippen LogP contribution in [0.3, 0.4) is 0 Å². The molecule has 0 bridgehead atoms. The second-order valence-corrected chi connectivity index (χ2v) is 6.74. The van der Waals surface area contributed by atoms with Crippen LogP contribution < -0.4 is 5.32 Å². The van der Waals surface area contributed by atoms with Gasteiger partial charge in [-0.15, -0.1) is 10.2 Å². The number of carbonyl (C=O) groups excluding carboxylic acids is 1. The summed E-state index contributed by atoms with van der Waals surface area (Å²) in [6, 6.07) is 8.04. The second kappa shape index (κ2) is 7.64. The first-order valence-corrected chi connectivity index (χ1v) is 9.08. The molecule has 3 rings (SSSR count). The predicted octanol–water partition coefficient (Wildman–Crippen LogP) is 4.02. The maximum Gasteiger partial charge on any atom is 0.277 e. The van der Waals surface area contributed by atoms with Gasteiger partial charge in [0.25, 0.3) is 5.22 Å². The van der Waals surface area contributed by atoms with Crippen LogP contribution in [-0.4, -0.2) is 21.9 Å². The number of aryl methyl sites for hydroxylation is 1. The standard InChI is InChI=1S/C17H21N3O2S/c1-2-3-4-12-5-9-14(10-6-12)18-15(21)11-23-17-20-19-16(22-17)13-7-8-13/h5-6,9-10,13H,2-4,7-8,11H2,1H3,(H,18,21). The lowest BCUT2D eigenvalue weighted by molar-refractivity contribution is -0.113. The topological polar surface area (TPSA) is 68.0 Å². The monoisotopic (exact) mass is 331 g/mol. The molecule has 0 unspecified atom stereocenters. The summed E-state index contributed by atoms with van der Waals surface area (Å²) in [5, 5.41) is 11.3. The Labute approximate surface area is 140 Å². The molecule has 122 valence electrons. The molecule has 1 saturated carbocycles. The number of hydrogen-bond acceptors (Lipinski definition) is 5. The quantitative estimate of drug-likeness (QED) is 0.740. The highest BCUT2D eigenvalue weighted by atomic mass is 32.2. The summed E-state index contributed by atoms with van der Waals surface area (Å²) in [4.78, 5) is 12.0. The van der Waals surface area contributed by atoms with Crippen molar-refractivity contribution >= 4 is 23.4 Å². The minimum absolute atomic E-state index is 0.0671. The first-order valence-electron chi connectivity index (χ1n) is 8.09. The third kappa shape index (κ3) is 4.82. The average molecular weight is 331 g/mol. The van der Waals surface area contributed by atoms with Crippen molar-refractivity contribution in [2.24, 2.45) is 0 Å². The molecule has 2 aromatic rings. The van der Waals surface area contributed by atoms with Gasteiger partial charge in [-0.25, -0.2) is 0 Å². The maximum absolute atomic E-state index is 12.0. The molecular formula is C17H21N3O2S. The van der Waals surface area contributed by atoms with Gasteiger partial charge in [-0.2, -0.15) is 0 Å². The summed E-state index contributed by atoms with van der Waals surface area (Å²) in [7, 11) is 0. The van der Waals surface area contributed by atoms with Crippen molar-refractivity contribution < 1.29 is 9.21 Å². The van der Waals surface area contributed by atoms with Crippen LogP contribution in [-0.2, 0) is 11.2 Å². The van der Waals surface area contributed by atoms with E-state index in [0.717, 1.165) is 24.9 Å². The molecule has 1 aromatic heterocycles. The number of hydrogen-bond donors (Lipinski definition) is 1. The van der Waals surface area contributed by atoms with E-state index in [0.29, 0.717) is 17.0 Å². The van der Waals surface area contributed by atoms with Gasteiger partial charge in [0.15, 0.2) is 0 Å². The highest BCUT2D eigenvalue weighted by Gasteiger charge is 2.29. The zero-order valence-corrected chi connectivity index (χ0v) is 14.1. The van der Waals surface area contributed by atoms with Gasteiger partial charge in [0.1, 0.15) is 0 Å². The maximum atomic E-state index is 12.0. The van der Waals surface area contributed by atoms with Gasteiger partial charge in [0.2, 0.25) is 11.8 Å². The lowest BCUT2D eigenvalue weighted by Gasteiger charge is -2.05. The minimum Gasteiger partial charge on any atom is -0.416 e. The van der Waals surface area contributed by atoms with E-state index in [1.807, 2.05) is 12.1 Å². The van der Waals surface area contributed by atoms with Crippen molar-refractivity contribution in [2.75, 3.05) is 11.1 Å². The van der Waals surface area contributed by atoms with Crippen LogP contribution in [0.2, 0.25) is 0 Å². The van der Waals surface area contributed by atoms with Crippen LogP contribution in [0.4, 0.5) is 5.69 Å². The summed E-state index contributed by atoms with van der Waals surface area (Å²) in [6.07, 6.45) is 5.71. The summed E-state index contributed by atoms with van der Waals surface area (Å²) < 4.78 is 5.52. The van der Waals surface area contributed by atoms with Gasteiger partial charge in [0, 0.05) is 11.6 Å². The van der Waals surface area contributed by atoms with Crippen molar-refractivity contribution in [3.8, 4) is 0 Å². The van der Waals surface area contributed by atoms with Crippen molar-refractivity contribution in [2.45, 2.75) is 50.2 Å². The SMILES string of the molecule is CCCCc1ccc(NC(=O)CSc2nnc(C3CC3)o2)cc1. The lowest BCUT2D eigenvalue weighted by Crippen LogP contribution is -2.13. The van der Waals surface area contributed by atoms with Crippen LogP contribution >= 0.6 is 11.8 Å². The molecule has 1 fully saturated rings. The normalized spacial score (nSPS) is 14.0. The fraction of sp³-hybridized carbons (Fsp3) is 0.471. The molecule has 1 heterocycles. The smallest absolute Gasteiger partial charge is 0.277 e. The number of aromatic nitrogens is 2. The third-order valence-electron chi connectivity index (χ3n) is 3.73. The Kier molecular flexibility index (Phi) is 5.33. The zero-order valence-electron chi connectivity index (χ0n) is 13.2. The van der Waals surface area contributed by atoms with E-state index >= 15 is 0 Å². The Bertz CT molecular complexity index is 650. The molecule has 0 atom stereocenters. The Morgan fingerprint density at radius 2 is 2.09 bits per heavy atom. The molecule has 6 heteroatoms. The molecule has 1 aliphatic rings. The zero-order chi connectivity index (χ0) is 16.1. The van der Waals surface area contributed by atoms with Crippen LogP contribution in [0.25, 0.3) is 0 Å². The molecule has 0 radical (unpaired) electrons. The molecule has 0 saturated heterocycles. The number of amides is 1. The van der Waals surface area contributed by atoms with Crippen molar-refractivity contribution in [1.29, 1.82) is 0 Å². The highest BCUT2D eigenvalue weighted by molar-refractivity contribution is 7.99. The number of rotatable bonds is 8. The third-order valence-corrected chi connectivity index (χ3v) is 4.55. The van der Waals surface area contributed by atoms with Crippen molar-refractivity contribution in [3.63, 3.8) is 0 Å². The number of unbranched alkanes of at least 4 members (excludes halogenated alkanes) is 1. The molecular weight excluding hydrogens is 310 g/mol. The fourth-order valence-corrected chi connectivity index (χ4v) is 2.80. The van der Waals surface area contributed by atoms with E-state index in [2.05, 4.69) is 34.6 Å². The lowest BCUT2D eigenvalue weighted by atomic mass is 10.1. The molecule has 5 nitrogen and oxygen atoms in total. The van der Waals surface area contributed by atoms with Gasteiger partial charge in [-0.1, -0.05) is 37.2 Å². The molecule has 0 spiro atoms. The van der Waals surface area contributed by atoms with Gasteiger partial charge in [0.05, 0.1) is 5.75 Å². The minimum atomic E-state index is -0.0671. The van der Waals surface area contributed by atoms with Crippen molar-refractivity contribution in [3.05, 3.63) is 35.7 Å². The van der Waals surface area contributed by atoms with Gasteiger partial charge in [-0.3, -0.25) is 4.79 Å². The first-order chi connectivity index (χ1) is 11.2. The number of nitrogens with zero attached hydrogens (tertiary/aromatic N) is 2. The molecule has 1 amide bonds.